The molecule has 2 saturated heterocycles. The summed E-state index contributed by atoms with van der Waals surface area (Å²) in [5.74, 6) is -1.38. The quantitative estimate of drug-likeness (QED) is 0.204. The van der Waals surface area contributed by atoms with Crippen LogP contribution in [0.2, 0.25) is 0 Å². The zero-order valence-corrected chi connectivity index (χ0v) is 24.9. The van der Waals surface area contributed by atoms with Crippen LogP contribution in [-0.2, 0) is 25.7 Å². The number of aliphatic carboxylic acids is 1. The Morgan fingerprint density at radius 1 is 0.911 bits per heavy atom. The fourth-order valence-corrected chi connectivity index (χ4v) is 6.29. The average Bonchev–Trinajstić information content (AvgIpc) is 3.40. The summed E-state index contributed by atoms with van der Waals surface area (Å²) in [6.45, 7) is 2.38. The Morgan fingerprint density at radius 2 is 1.62 bits per heavy atom. The van der Waals surface area contributed by atoms with E-state index in [9.17, 15) is 19.5 Å². The number of ether oxygens (including phenoxy) is 2. The normalized spacial score (nSPS) is 21.1. The van der Waals surface area contributed by atoms with Crippen molar-refractivity contribution < 1.29 is 29.3 Å². The molecule has 4 N–H and O–H groups in total. The Kier molecular flexibility index (Phi) is 9.41. The van der Waals surface area contributed by atoms with E-state index >= 15 is 0 Å². The van der Waals surface area contributed by atoms with Gasteiger partial charge in [0.25, 0.3) is 0 Å². The Bertz CT molecular complexity index is 1670. The monoisotopic (exact) mass is 614 g/mol. The molecule has 0 bridgehead atoms. The largest absolute Gasteiger partial charge is 0.481 e. The lowest BCUT2D eigenvalue weighted by Crippen LogP contribution is -2.43. The van der Waals surface area contributed by atoms with Gasteiger partial charge in [0.1, 0.15) is 0 Å². The summed E-state index contributed by atoms with van der Waals surface area (Å²) in [5, 5.41) is 21.1. The van der Waals surface area contributed by atoms with E-state index in [2.05, 4.69) is 15.2 Å². The minimum Gasteiger partial charge on any atom is -0.481 e. The van der Waals surface area contributed by atoms with Crippen molar-refractivity contribution in [1.82, 2.24) is 14.5 Å². The fraction of sp³-hybridized carbons (Fsp3) is 0.382. The average molecular weight is 615 g/mol. The number of hydrogen-bond donors (Lipinski definition) is 4. The lowest BCUT2D eigenvalue weighted by Gasteiger charge is -2.40. The van der Waals surface area contributed by atoms with Crippen molar-refractivity contribution in [1.29, 1.82) is 0 Å². The number of carbonyl (C=O) groups excluding carboxylic acids is 1. The van der Waals surface area contributed by atoms with E-state index in [1.807, 2.05) is 65.2 Å². The molecular weight excluding hydrogens is 576 g/mol. The molecule has 236 valence electrons. The number of likely N-dealkylation sites (tertiary alicyclic amines) is 1. The van der Waals surface area contributed by atoms with Gasteiger partial charge in [-0.3, -0.25) is 14.2 Å². The standard InChI is InChI=1S/C34H38N4O7/c39-21-22-5-7-23(8-6-22)30-19-27(44-33(45-30)24-9-11-25(12-10-24)35-31(40)13-14-32(41)42)20-37-17-15-26(16-18-37)38-29-4-2-1-3-28(29)36-34(38)43/h1-12,26-27,30,33,39H,13-21H2,(H,35,40)(H,36,43)(H,41,42)/t27-,30+,33+/m0/s1. The van der Waals surface area contributed by atoms with E-state index in [1.165, 1.54) is 0 Å². The zero-order chi connectivity index (χ0) is 31.3. The fourth-order valence-electron chi connectivity index (χ4n) is 6.29. The van der Waals surface area contributed by atoms with Crippen LogP contribution >= 0.6 is 0 Å². The van der Waals surface area contributed by atoms with Crippen LogP contribution in [0.5, 0.6) is 0 Å². The number of nitrogens with zero attached hydrogens (tertiary/aromatic N) is 2. The highest BCUT2D eigenvalue weighted by molar-refractivity contribution is 5.92. The van der Waals surface area contributed by atoms with Gasteiger partial charge in [0.2, 0.25) is 5.91 Å². The van der Waals surface area contributed by atoms with Crippen LogP contribution in [0.15, 0.2) is 77.6 Å². The van der Waals surface area contributed by atoms with Crippen molar-refractivity contribution >= 4 is 28.6 Å². The molecule has 11 nitrogen and oxygen atoms in total. The summed E-state index contributed by atoms with van der Waals surface area (Å²) in [6, 6.07) is 22.9. The number of para-hydroxylation sites is 2. The number of carboxylic acid groups (broad SMARTS) is 1. The van der Waals surface area contributed by atoms with Gasteiger partial charge in [-0.05, 0) is 48.2 Å². The van der Waals surface area contributed by atoms with Gasteiger partial charge in [-0.15, -0.1) is 0 Å². The third-order valence-corrected chi connectivity index (χ3v) is 8.66. The van der Waals surface area contributed by atoms with E-state index in [0.29, 0.717) is 12.1 Å². The molecule has 45 heavy (non-hydrogen) atoms. The van der Waals surface area contributed by atoms with Gasteiger partial charge >= 0.3 is 11.7 Å². The molecular formula is C34H38N4O7. The second kappa shape index (κ2) is 13.8. The van der Waals surface area contributed by atoms with Crippen LogP contribution in [0.4, 0.5) is 5.69 Å². The summed E-state index contributed by atoms with van der Waals surface area (Å²) in [7, 11) is 0. The SMILES string of the molecule is O=C(O)CCC(=O)Nc1ccc([C@@H]2O[C@H](CN3CCC(n4c(=O)[nH]c5ccccc54)CC3)C[C@H](c3ccc(CO)cc3)O2)cc1. The number of benzene rings is 3. The summed E-state index contributed by atoms with van der Waals surface area (Å²) in [4.78, 5) is 41.0. The molecule has 6 rings (SSSR count). The van der Waals surface area contributed by atoms with E-state index in [-0.39, 0.29) is 49.3 Å². The van der Waals surface area contributed by atoms with E-state index < -0.39 is 12.3 Å². The first-order valence-electron chi connectivity index (χ1n) is 15.4. The molecule has 0 radical (unpaired) electrons. The van der Waals surface area contributed by atoms with Gasteiger partial charge in [-0.25, -0.2) is 4.79 Å². The number of hydrogen-bond acceptors (Lipinski definition) is 7. The Hall–Kier alpha value is -4.29. The topological polar surface area (TPSA) is 146 Å². The van der Waals surface area contributed by atoms with Gasteiger partial charge in [0, 0.05) is 49.8 Å². The third kappa shape index (κ3) is 7.34. The number of H-pyrrole nitrogens is 1. The molecule has 2 aliphatic heterocycles. The zero-order valence-electron chi connectivity index (χ0n) is 24.9. The maximum absolute atomic E-state index is 12.7. The van der Waals surface area contributed by atoms with Crippen molar-refractivity contribution in [2.45, 2.75) is 63.3 Å². The van der Waals surface area contributed by atoms with Crippen molar-refractivity contribution in [3.05, 3.63) is 100.0 Å². The highest BCUT2D eigenvalue weighted by Gasteiger charge is 2.34. The summed E-state index contributed by atoms with van der Waals surface area (Å²) < 4.78 is 14.9. The Balaban J connectivity index is 1.13. The Morgan fingerprint density at radius 3 is 2.33 bits per heavy atom. The molecule has 3 atom stereocenters. The second-order valence-electron chi connectivity index (χ2n) is 11.8. The lowest BCUT2D eigenvalue weighted by atomic mass is 9.98. The number of amides is 1. The van der Waals surface area contributed by atoms with E-state index in [4.69, 9.17) is 14.6 Å². The molecule has 0 spiro atoms. The predicted octanol–water partition coefficient (Wildman–Crippen LogP) is 4.51. The maximum atomic E-state index is 12.7. The number of nitrogens with one attached hydrogen (secondary N) is 2. The minimum atomic E-state index is -1.02. The molecule has 3 heterocycles. The number of aliphatic hydroxyl groups excluding tert-OH is 1. The lowest BCUT2D eigenvalue weighted by molar-refractivity contribution is -0.253. The minimum absolute atomic E-state index is 0.0278. The molecule has 3 aromatic carbocycles. The number of rotatable bonds is 10. The number of carboxylic acids is 1. The molecule has 2 aliphatic rings. The van der Waals surface area contributed by atoms with Crippen LogP contribution in [-0.4, -0.2) is 62.3 Å². The van der Waals surface area contributed by atoms with Gasteiger partial charge in [0.05, 0.1) is 36.3 Å². The number of aromatic nitrogens is 2. The second-order valence-corrected chi connectivity index (χ2v) is 11.8. The van der Waals surface area contributed by atoms with E-state index in [0.717, 1.165) is 60.2 Å². The molecule has 2 fully saturated rings. The molecule has 11 heteroatoms. The van der Waals surface area contributed by atoms with Gasteiger partial charge in [-0.2, -0.15) is 0 Å². The highest BCUT2D eigenvalue weighted by Crippen LogP contribution is 2.39. The van der Waals surface area contributed by atoms with Crippen molar-refractivity contribution in [2.75, 3.05) is 25.0 Å². The van der Waals surface area contributed by atoms with Gasteiger partial charge in [0.15, 0.2) is 6.29 Å². The molecule has 0 aliphatic carbocycles. The number of piperidine rings is 1. The van der Waals surface area contributed by atoms with Crippen LogP contribution in [0.3, 0.4) is 0 Å². The summed E-state index contributed by atoms with van der Waals surface area (Å²) in [5.41, 5.74) is 4.94. The molecule has 1 aromatic heterocycles. The molecule has 1 amide bonds. The number of aliphatic hydroxyl groups is 1. The van der Waals surface area contributed by atoms with Gasteiger partial charge in [-0.1, -0.05) is 48.5 Å². The smallest absolute Gasteiger partial charge is 0.326 e. The summed E-state index contributed by atoms with van der Waals surface area (Å²) in [6.07, 6.45) is 1.09. The van der Waals surface area contributed by atoms with E-state index in [1.54, 1.807) is 12.1 Å². The van der Waals surface area contributed by atoms with Crippen molar-refractivity contribution in [3.63, 3.8) is 0 Å². The molecule has 0 unspecified atom stereocenters. The predicted molar refractivity (Wildman–Crippen MR) is 168 cm³/mol. The number of imidazole rings is 1. The van der Waals surface area contributed by atoms with Crippen molar-refractivity contribution in [2.24, 2.45) is 0 Å². The summed E-state index contributed by atoms with van der Waals surface area (Å²) >= 11 is 0. The number of aromatic amines is 1. The van der Waals surface area contributed by atoms with Crippen LogP contribution in [0.25, 0.3) is 11.0 Å². The van der Waals surface area contributed by atoms with Crippen LogP contribution in [0, 0.1) is 0 Å². The first-order chi connectivity index (χ1) is 21.9. The number of carbonyl (C=O) groups is 2. The van der Waals surface area contributed by atoms with Crippen LogP contribution < -0.4 is 11.0 Å². The molecule has 0 saturated carbocycles. The number of anilines is 1. The van der Waals surface area contributed by atoms with Gasteiger partial charge < -0.3 is 34.9 Å². The number of fused-ring (bicyclic) bond motifs is 1. The highest BCUT2D eigenvalue weighted by atomic mass is 16.7. The Labute approximate surface area is 260 Å². The molecule has 4 aromatic rings. The first kappa shape index (κ1) is 30.7. The third-order valence-electron chi connectivity index (χ3n) is 8.66. The van der Waals surface area contributed by atoms with Crippen LogP contribution in [0.1, 0.15) is 67.2 Å². The maximum Gasteiger partial charge on any atom is 0.326 e. The van der Waals surface area contributed by atoms with Crippen molar-refractivity contribution in [3.8, 4) is 0 Å². The first-order valence-corrected chi connectivity index (χ1v) is 15.4.